The summed E-state index contributed by atoms with van der Waals surface area (Å²) in [6.07, 6.45) is 1.65. The minimum Gasteiger partial charge on any atom is -0.444 e. The second-order valence-corrected chi connectivity index (χ2v) is 7.41. The van der Waals surface area contributed by atoms with E-state index in [9.17, 15) is 4.79 Å². The summed E-state index contributed by atoms with van der Waals surface area (Å²) in [4.78, 5) is 14.2. The van der Waals surface area contributed by atoms with Crippen LogP contribution in [-0.4, -0.2) is 33.3 Å². The summed E-state index contributed by atoms with van der Waals surface area (Å²) < 4.78 is 5.53. The zero-order chi connectivity index (χ0) is 17.3. The van der Waals surface area contributed by atoms with Crippen LogP contribution >= 0.6 is 0 Å². The van der Waals surface area contributed by atoms with Crippen molar-refractivity contribution in [2.75, 3.05) is 6.54 Å². The average Bonchev–Trinajstić information content (AvgIpc) is 3.15. The van der Waals surface area contributed by atoms with Crippen molar-refractivity contribution in [1.82, 2.24) is 15.1 Å². The number of benzene rings is 1. The van der Waals surface area contributed by atoms with Gasteiger partial charge in [0.25, 0.3) is 0 Å². The maximum atomic E-state index is 12.4. The summed E-state index contributed by atoms with van der Waals surface area (Å²) in [6.45, 7) is 8.46. The zero-order valence-electron chi connectivity index (χ0n) is 14.8. The third-order valence-corrected chi connectivity index (χ3v) is 4.18. The molecular formula is C19H25N3O2. The molecule has 2 aromatic rings. The fourth-order valence-corrected chi connectivity index (χ4v) is 3.01. The van der Waals surface area contributed by atoms with E-state index in [1.165, 1.54) is 5.56 Å². The first-order chi connectivity index (χ1) is 11.3. The number of H-pyrrole nitrogens is 1. The van der Waals surface area contributed by atoms with Crippen molar-refractivity contribution >= 4 is 6.09 Å². The molecule has 5 nitrogen and oxygen atoms in total. The Balaban J connectivity index is 1.78. The molecule has 1 aromatic carbocycles. The second-order valence-electron chi connectivity index (χ2n) is 7.41. The summed E-state index contributed by atoms with van der Waals surface area (Å²) in [5.74, 6) is 0. The van der Waals surface area contributed by atoms with E-state index >= 15 is 0 Å². The van der Waals surface area contributed by atoms with Gasteiger partial charge in [0.05, 0.1) is 17.4 Å². The molecule has 0 bridgehead atoms. The number of amides is 1. The molecule has 1 aliphatic rings. The fourth-order valence-electron chi connectivity index (χ4n) is 3.01. The number of nitrogens with zero attached hydrogens (tertiary/aromatic N) is 2. The van der Waals surface area contributed by atoms with Gasteiger partial charge in [-0.05, 0) is 46.6 Å². The molecule has 2 heterocycles. The monoisotopic (exact) mass is 327 g/mol. The van der Waals surface area contributed by atoms with Crippen LogP contribution in [0.1, 0.15) is 50.9 Å². The van der Waals surface area contributed by atoms with Crippen molar-refractivity contribution in [2.24, 2.45) is 0 Å². The number of aromatic amines is 1. The predicted octanol–water partition coefficient (Wildman–Crippen LogP) is 4.46. The Morgan fingerprint density at radius 3 is 2.67 bits per heavy atom. The Bertz CT molecular complexity index is 713. The van der Waals surface area contributed by atoms with Gasteiger partial charge >= 0.3 is 6.09 Å². The molecule has 0 aliphatic carbocycles. The number of aryl methyl sites for hydroxylation is 1. The molecule has 1 unspecified atom stereocenters. The van der Waals surface area contributed by atoms with Gasteiger partial charge in [-0.15, -0.1) is 0 Å². The lowest BCUT2D eigenvalue weighted by Gasteiger charge is -2.28. The lowest BCUT2D eigenvalue weighted by molar-refractivity contribution is 0.0221. The summed E-state index contributed by atoms with van der Waals surface area (Å²) in [5, 5.41) is 7.53. The van der Waals surface area contributed by atoms with Gasteiger partial charge < -0.3 is 4.74 Å². The SMILES string of the molecule is Cc1ccc(-c2cc(C3CCCN3C(=O)OC(C)(C)C)[nH]n2)cc1. The van der Waals surface area contributed by atoms with Gasteiger partial charge in [-0.3, -0.25) is 10.00 Å². The third kappa shape index (κ3) is 3.61. The van der Waals surface area contributed by atoms with Crippen LogP contribution in [0.4, 0.5) is 4.79 Å². The highest BCUT2D eigenvalue weighted by Gasteiger charge is 2.34. The zero-order valence-corrected chi connectivity index (χ0v) is 14.8. The van der Waals surface area contributed by atoms with Crippen molar-refractivity contribution < 1.29 is 9.53 Å². The molecule has 1 aromatic heterocycles. The van der Waals surface area contributed by atoms with Crippen LogP contribution in [0.25, 0.3) is 11.3 Å². The average molecular weight is 327 g/mol. The molecule has 0 radical (unpaired) electrons. The van der Waals surface area contributed by atoms with Crippen LogP contribution in [0.15, 0.2) is 30.3 Å². The number of nitrogens with one attached hydrogen (secondary N) is 1. The van der Waals surface area contributed by atoms with Crippen LogP contribution in [0.5, 0.6) is 0 Å². The highest BCUT2D eigenvalue weighted by Crippen LogP contribution is 2.33. The normalized spacial score (nSPS) is 18.0. The number of carbonyl (C=O) groups excluding carboxylic acids is 1. The quantitative estimate of drug-likeness (QED) is 0.886. The Labute approximate surface area is 143 Å². The van der Waals surface area contributed by atoms with Gasteiger partial charge in [0.1, 0.15) is 5.60 Å². The molecule has 24 heavy (non-hydrogen) atoms. The molecule has 0 spiro atoms. The fraction of sp³-hybridized carbons (Fsp3) is 0.474. The number of ether oxygens (including phenoxy) is 1. The van der Waals surface area contributed by atoms with Gasteiger partial charge in [0.2, 0.25) is 0 Å². The van der Waals surface area contributed by atoms with E-state index in [2.05, 4.69) is 41.4 Å². The Morgan fingerprint density at radius 1 is 1.29 bits per heavy atom. The van der Waals surface area contributed by atoms with Crippen molar-refractivity contribution in [1.29, 1.82) is 0 Å². The number of aromatic nitrogens is 2. The maximum absolute atomic E-state index is 12.4. The van der Waals surface area contributed by atoms with E-state index in [1.54, 1.807) is 4.90 Å². The topological polar surface area (TPSA) is 58.2 Å². The van der Waals surface area contributed by atoms with E-state index in [4.69, 9.17) is 4.74 Å². The lowest BCUT2D eigenvalue weighted by atomic mass is 10.1. The van der Waals surface area contributed by atoms with Crippen LogP contribution in [-0.2, 0) is 4.74 Å². The molecule has 0 saturated carbocycles. The van der Waals surface area contributed by atoms with Gasteiger partial charge in [-0.25, -0.2) is 4.79 Å². The molecular weight excluding hydrogens is 302 g/mol. The van der Waals surface area contributed by atoms with Crippen molar-refractivity contribution in [3.63, 3.8) is 0 Å². The number of rotatable bonds is 2. The van der Waals surface area contributed by atoms with E-state index in [0.29, 0.717) is 0 Å². The van der Waals surface area contributed by atoms with Crippen LogP contribution in [0, 0.1) is 6.92 Å². The first-order valence-electron chi connectivity index (χ1n) is 8.45. The van der Waals surface area contributed by atoms with Crippen LogP contribution in [0.3, 0.4) is 0 Å². The Kier molecular flexibility index (Phi) is 4.35. The van der Waals surface area contributed by atoms with Crippen molar-refractivity contribution in [3.05, 3.63) is 41.6 Å². The molecule has 5 heteroatoms. The highest BCUT2D eigenvalue weighted by molar-refractivity contribution is 5.69. The summed E-state index contributed by atoms with van der Waals surface area (Å²) in [7, 11) is 0. The van der Waals surface area contributed by atoms with E-state index < -0.39 is 5.60 Å². The molecule has 1 amide bonds. The largest absolute Gasteiger partial charge is 0.444 e. The minimum absolute atomic E-state index is 0.00606. The molecule has 128 valence electrons. The van der Waals surface area contributed by atoms with Gasteiger partial charge in [-0.2, -0.15) is 5.10 Å². The Morgan fingerprint density at radius 2 is 2.00 bits per heavy atom. The van der Waals surface area contributed by atoms with Gasteiger partial charge in [0.15, 0.2) is 0 Å². The van der Waals surface area contributed by atoms with Crippen molar-refractivity contribution in [3.8, 4) is 11.3 Å². The van der Waals surface area contributed by atoms with E-state index in [-0.39, 0.29) is 12.1 Å². The first kappa shape index (κ1) is 16.6. The lowest BCUT2D eigenvalue weighted by Crippen LogP contribution is -2.36. The smallest absolute Gasteiger partial charge is 0.410 e. The molecule has 1 aliphatic heterocycles. The third-order valence-electron chi connectivity index (χ3n) is 4.18. The molecule has 1 atom stereocenters. The standard InChI is InChI=1S/C19H25N3O2/c1-13-7-9-14(10-8-13)15-12-16(21-20-15)17-6-5-11-22(17)18(23)24-19(2,3)4/h7-10,12,17H,5-6,11H2,1-4H3,(H,20,21). The number of hydrogen-bond acceptors (Lipinski definition) is 3. The van der Waals surface area contributed by atoms with E-state index in [0.717, 1.165) is 36.3 Å². The summed E-state index contributed by atoms with van der Waals surface area (Å²) >= 11 is 0. The predicted molar refractivity (Wildman–Crippen MR) is 93.7 cm³/mol. The molecule has 1 N–H and O–H groups in total. The summed E-state index contributed by atoms with van der Waals surface area (Å²) in [6, 6.07) is 10.3. The first-order valence-corrected chi connectivity index (χ1v) is 8.45. The number of carbonyl (C=O) groups is 1. The highest BCUT2D eigenvalue weighted by atomic mass is 16.6. The second kappa shape index (κ2) is 6.30. The molecule has 3 rings (SSSR count). The molecule has 1 saturated heterocycles. The number of hydrogen-bond donors (Lipinski definition) is 1. The van der Waals surface area contributed by atoms with Crippen LogP contribution < -0.4 is 0 Å². The van der Waals surface area contributed by atoms with Crippen molar-refractivity contribution in [2.45, 2.75) is 52.2 Å². The molecule has 1 fully saturated rings. The van der Waals surface area contributed by atoms with E-state index in [1.807, 2.05) is 26.8 Å². The van der Waals surface area contributed by atoms with Crippen LogP contribution in [0.2, 0.25) is 0 Å². The Hall–Kier alpha value is -2.30. The summed E-state index contributed by atoms with van der Waals surface area (Å²) in [5.41, 5.74) is 3.69. The maximum Gasteiger partial charge on any atom is 0.410 e. The number of likely N-dealkylation sites (tertiary alicyclic amines) is 1. The minimum atomic E-state index is -0.481. The van der Waals surface area contributed by atoms with Gasteiger partial charge in [0, 0.05) is 12.1 Å². The van der Waals surface area contributed by atoms with Gasteiger partial charge in [-0.1, -0.05) is 29.8 Å².